The monoisotopic (exact) mass is 294 g/mol. The first-order valence-electron chi connectivity index (χ1n) is 5.10. The Hall–Kier alpha value is -1.61. The van der Waals surface area contributed by atoms with E-state index in [2.05, 4.69) is 9.99 Å². The molecule has 0 bridgehead atoms. The second kappa shape index (κ2) is 4.82. The van der Waals surface area contributed by atoms with E-state index in [1.165, 1.54) is 24.5 Å². The zero-order valence-corrected chi connectivity index (χ0v) is 10.4. The minimum absolute atomic E-state index is 0.111. The predicted molar refractivity (Wildman–Crippen MR) is 60.8 cm³/mol. The van der Waals surface area contributed by atoms with Crippen LogP contribution in [0.15, 0.2) is 16.6 Å². The van der Waals surface area contributed by atoms with Crippen LogP contribution in [0.1, 0.15) is 16.5 Å². The third kappa shape index (κ3) is 2.43. The van der Waals surface area contributed by atoms with Gasteiger partial charge in [0.15, 0.2) is 0 Å². The molecule has 104 valence electrons. The predicted octanol–water partition coefficient (Wildman–Crippen LogP) is 1.19. The number of hydrogen-bond acceptors (Lipinski definition) is 5. The lowest BCUT2D eigenvalue weighted by Crippen LogP contribution is -2.42. The highest BCUT2D eigenvalue weighted by Gasteiger charge is 2.45. The van der Waals surface area contributed by atoms with Crippen molar-refractivity contribution in [3.05, 3.63) is 21.9 Å². The largest absolute Gasteiger partial charge is 0.471 e. The molecule has 0 fully saturated rings. The lowest BCUT2D eigenvalue weighted by Gasteiger charge is -2.18. The van der Waals surface area contributed by atoms with Crippen molar-refractivity contribution in [2.75, 3.05) is 7.11 Å². The highest BCUT2D eigenvalue weighted by molar-refractivity contribution is 7.12. The average molecular weight is 294 g/mol. The van der Waals surface area contributed by atoms with Gasteiger partial charge in [0.2, 0.25) is 0 Å². The van der Waals surface area contributed by atoms with Gasteiger partial charge in [-0.3, -0.25) is 4.79 Å². The molecule has 0 unspecified atom stereocenters. The molecule has 1 heterocycles. The lowest BCUT2D eigenvalue weighted by atomic mass is 10.1. The number of fused-ring (bicyclic) bond motifs is 1. The van der Waals surface area contributed by atoms with Gasteiger partial charge in [-0.1, -0.05) is 5.16 Å². The number of thiophene rings is 1. The highest BCUT2D eigenvalue weighted by atomic mass is 32.1. The van der Waals surface area contributed by atoms with Gasteiger partial charge >= 0.3 is 12.1 Å². The summed E-state index contributed by atoms with van der Waals surface area (Å²) in [5.41, 5.74) is 0.505. The van der Waals surface area contributed by atoms with E-state index in [0.29, 0.717) is 10.4 Å². The maximum Gasteiger partial charge on any atom is 0.471 e. The first kappa shape index (κ1) is 13.8. The van der Waals surface area contributed by atoms with Gasteiger partial charge in [0.1, 0.15) is 18.9 Å². The summed E-state index contributed by atoms with van der Waals surface area (Å²) in [4.78, 5) is 16.0. The number of carbonyl (C=O) groups is 1. The molecule has 0 saturated carbocycles. The third-order valence-electron chi connectivity index (χ3n) is 2.59. The Labute approximate surface area is 109 Å². The fraction of sp³-hybridized carbons (Fsp3) is 0.400. The van der Waals surface area contributed by atoms with E-state index in [1.54, 1.807) is 10.7 Å². The minimum Gasteiger partial charge on any atom is -0.399 e. The van der Waals surface area contributed by atoms with Crippen molar-refractivity contribution < 1.29 is 27.9 Å². The van der Waals surface area contributed by atoms with Crippen LogP contribution in [-0.4, -0.2) is 36.1 Å². The van der Waals surface area contributed by atoms with Gasteiger partial charge in [-0.05, 0) is 17.0 Å². The van der Waals surface area contributed by atoms with Gasteiger partial charge in [-0.25, -0.2) is 0 Å². The maximum atomic E-state index is 12.2. The van der Waals surface area contributed by atoms with Crippen molar-refractivity contribution in [2.45, 2.75) is 18.3 Å². The molecule has 1 aromatic heterocycles. The SMILES string of the molecule is CO/N=C1\c2sccc2[C@@H](NC(=O)C(F)(F)F)[C@@H]1O. The zero-order valence-electron chi connectivity index (χ0n) is 9.56. The van der Waals surface area contributed by atoms with Gasteiger partial charge in [-0.2, -0.15) is 13.2 Å². The van der Waals surface area contributed by atoms with Crippen molar-refractivity contribution in [2.24, 2.45) is 5.16 Å². The molecular formula is C10H9F3N2O3S. The van der Waals surface area contributed by atoms with Crippen LogP contribution in [0.25, 0.3) is 0 Å². The highest BCUT2D eigenvalue weighted by Crippen LogP contribution is 2.36. The molecule has 0 spiro atoms. The summed E-state index contributed by atoms with van der Waals surface area (Å²) in [5, 5.41) is 16.9. The molecule has 0 aliphatic heterocycles. The molecule has 0 aromatic carbocycles. The summed E-state index contributed by atoms with van der Waals surface area (Å²) < 4.78 is 36.7. The van der Waals surface area contributed by atoms with E-state index in [4.69, 9.17) is 0 Å². The molecule has 9 heteroatoms. The standard InChI is InChI=1S/C10H9F3N2O3S/c1-18-15-6-7(16)5(4-2-3-19-8(4)6)14-9(17)10(11,12)13/h2-3,5,7,16H,1H3,(H,14,17)/b15-6-/t5-,7+/m1/s1. The first-order chi connectivity index (χ1) is 8.86. The van der Waals surface area contributed by atoms with E-state index < -0.39 is 24.2 Å². The van der Waals surface area contributed by atoms with Crippen LogP contribution in [0.2, 0.25) is 0 Å². The van der Waals surface area contributed by atoms with Crippen molar-refractivity contribution >= 4 is 23.0 Å². The number of aliphatic hydroxyl groups excluding tert-OH is 1. The molecule has 0 saturated heterocycles. The molecule has 1 aliphatic carbocycles. The van der Waals surface area contributed by atoms with E-state index in [0.717, 1.165) is 0 Å². The number of hydrogen-bond donors (Lipinski definition) is 2. The minimum atomic E-state index is -5.00. The second-order valence-corrected chi connectivity index (χ2v) is 4.67. The third-order valence-corrected chi connectivity index (χ3v) is 3.55. The number of oxime groups is 1. The Morgan fingerprint density at radius 2 is 2.26 bits per heavy atom. The second-order valence-electron chi connectivity index (χ2n) is 3.76. The van der Waals surface area contributed by atoms with Gasteiger partial charge in [0.05, 0.1) is 10.9 Å². The summed E-state index contributed by atoms with van der Waals surface area (Å²) in [5.74, 6) is -2.10. The summed E-state index contributed by atoms with van der Waals surface area (Å²) in [6, 6.07) is 0.354. The summed E-state index contributed by atoms with van der Waals surface area (Å²) in [6.45, 7) is 0. The van der Waals surface area contributed by atoms with E-state index in [-0.39, 0.29) is 5.71 Å². The number of rotatable bonds is 2. The molecule has 0 radical (unpaired) electrons. The van der Waals surface area contributed by atoms with Gasteiger partial charge in [0, 0.05) is 0 Å². The normalized spacial score (nSPS) is 24.4. The van der Waals surface area contributed by atoms with Crippen molar-refractivity contribution in [1.29, 1.82) is 0 Å². The van der Waals surface area contributed by atoms with Gasteiger partial charge in [0.25, 0.3) is 0 Å². The Morgan fingerprint density at radius 3 is 2.84 bits per heavy atom. The van der Waals surface area contributed by atoms with Crippen LogP contribution in [0.5, 0.6) is 0 Å². The fourth-order valence-electron chi connectivity index (χ4n) is 1.81. The number of amides is 1. The Morgan fingerprint density at radius 1 is 1.58 bits per heavy atom. The zero-order chi connectivity index (χ0) is 14.2. The average Bonchev–Trinajstić information content (AvgIpc) is 2.86. The lowest BCUT2D eigenvalue weighted by molar-refractivity contribution is -0.174. The maximum absolute atomic E-state index is 12.2. The van der Waals surface area contributed by atoms with Crippen LogP contribution < -0.4 is 5.32 Å². The summed E-state index contributed by atoms with van der Waals surface area (Å²) in [6.07, 6.45) is -6.37. The summed E-state index contributed by atoms with van der Waals surface area (Å²) >= 11 is 1.20. The van der Waals surface area contributed by atoms with Crippen LogP contribution in [0.4, 0.5) is 13.2 Å². The molecule has 2 N–H and O–H groups in total. The molecule has 1 aliphatic rings. The molecule has 1 amide bonds. The van der Waals surface area contributed by atoms with Crippen LogP contribution in [0, 0.1) is 0 Å². The van der Waals surface area contributed by atoms with Crippen LogP contribution in [-0.2, 0) is 9.63 Å². The van der Waals surface area contributed by atoms with Crippen molar-refractivity contribution in [3.8, 4) is 0 Å². The molecule has 1 aromatic rings. The van der Waals surface area contributed by atoms with Crippen LogP contribution >= 0.6 is 11.3 Å². The Kier molecular flexibility index (Phi) is 3.50. The molecule has 2 atom stereocenters. The first-order valence-corrected chi connectivity index (χ1v) is 5.98. The van der Waals surface area contributed by atoms with E-state index >= 15 is 0 Å². The Balaban J connectivity index is 2.29. The quantitative estimate of drug-likeness (QED) is 0.805. The number of nitrogens with one attached hydrogen (secondary N) is 1. The molecule has 2 rings (SSSR count). The van der Waals surface area contributed by atoms with Gasteiger partial charge < -0.3 is 15.3 Å². The summed E-state index contributed by atoms with van der Waals surface area (Å²) in [7, 11) is 1.26. The number of aliphatic hydroxyl groups is 1. The van der Waals surface area contributed by atoms with Crippen molar-refractivity contribution in [3.63, 3.8) is 0 Å². The fourth-order valence-corrected chi connectivity index (χ4v) is 2.77. The topological polar surface area (TPSA) is 70.9 Å². The van der Waals surface area contributed by atoms with E-state index in [1.807, 2.05) is 0 Å². The number of nitrogens with zero attached hydrogens (tertiary/aromatic N) is 1. The molecule has 5 nitrogen and oxygen atoms in total. The smallest absolute Gasteiger partial charge is 0.399 e. The van der Waals surface area contributed by atoms with E-state index in [9.17, 15) is 23.1 Å². The Bertz CT molecular complexity index is 526. The van der Waals surface area contributed by atoms with Crippen LogP contribution in [0.3, 0.4) is 0 Å². The molecule has 19 heavy (non-hydrogen) atoms. The van der Waals surface area contributed by atoms with Crippen molar-refractivity contribution in [1.82, 2.24) is 5.32 Å². The number of halogens is 3. The number of carbonyl (C=O) groups excluding carboxylic acids is 1. The molecular weight excluding hydrogens is 285 g/mol. The number of alkyl halides is 3. The van der Waals surface area contributed by atoms with Gasteiger partial charge in [-0.15, -0.1) is 11.3 Å².